The third-order valence-electron chi connectivity index (χ3n) is 5.08. The summed E-state index contributed by atoms with van der Waals surface area (Å²) < 4.78 is 14.3. The summed E-state index contributed by atoms with van der Waals surface area (Å²) in [5, 5.41) is 9.10. The monoisotopic (exact) mass is 542 g/mol. The Kier molecular flexibility index (Phi) is 7.87. The van der Waals surface area contributed by atoms with Gasteiger partial charge in [-0.1, -0.05) is 0 Å². The molecule has 1 saturated carbocycles. The van der Waals surface area contributed by atoms with Crippen LogP contribution in [0.1, 0.15) is 25.7 Å². The number of benzene rings is 1. The minimum Gasteiger partial charge on any atom is -0.363 e. The molecule has 7 nitrogen and oxygen atoms in total. The van der Waals surface area contributed by atoms with E-state index in [1.165, 1.54) is 12.1 Å². The molecule has 0 spiro atoms. The van der Waals surface area contributed by atoms with Crippen LogP contribution in [-0.2, 0) is 0 Å². The molecular weight excluding hydrogens is 519 g/mol. The molecule has 2 aromatic rings. The maximum Gasteiger partial charge on any atom is 0.319 e. The minimum atomic E-state index is -0.385. The lowest BCUT2D eigenvalue weighted by Crippen LogP contribution is -2.36. The Morgan fingerprint density at radius 3 is 2.50 bits per heavy atom. The predicted octanol–water partition coefficient (Wildman–Crippen LogP) is 5.00. The Hall–Kier alpha value is -1.94. The van der Waals surface area contributed by atoms with Gasteiger partial charge in [0.25, 0.3) is 0 Å². The number of nitrogens with zero attached hydrogens (tertiary/aromatic N) is 3. The number of hydrogen-bond donors (Lipinski definition) is 3. The van der Waals surface area contributed by atoms with Gasteiger partial charge in [0, 0.05) is 41.8 Å². The van der Waals surface area contributed by atoms with Gasteiger partial charge in [-0.15, -0.1) is 0 Å². The molecule has 162 valence electrons. The molecule has 0 aliphatic heterocycles. The SMILES string of the molecule is CN(C)c1ccnc(N[C@H]2CC[C@@H](CNC(=O)Nc3c(Br)cc(F)cc3Br)CC2)n1. The highest BCUT2D eigenvalue weighted by atomic mass is 79.9. The molecular formula is C20H25Br2FN6O. The van der Waals surface area contributed by atoms with E-state index in [2.05, 4.69) is 57.8 Å². The standard InChI is InChI=1S/C20H25Br2FN6O/c1-29(2)17-7-8-24-19(27-17)26-14-5-3-12(4-6-14)11-25-20(30)28-18-15(21)9-13(23)10-16(18)22/h7-10,12,14H,3-6,11H2,1-2H3,(H,24,26,27)(H2,25,28,30)/t12-,14+. The molecule has 1 aromatic carbocycles. The number of hydrogen-bond acceptors (Lipinski definition) is 5. The lowest BCUT2D eigenvalue weighted by atomic mass is 9.86. The normalized spacial score (nSPS) is 18.6. The van der Waals surface area contributed by atoms with Crippen LogP contribution in [0.5, 0.6) is 0 Å². The number of amides is 2. The van der Waals surface area contributed by atoms with Crippen LogP contribution in [0.2, 0.25) is 0 Å². The maximum absolute atomic E-state index is 13.4. The summed E-state index contributed by atoms with van der Waals surface area (Å²) in [5.41, 5.74) is 0.502. The molecule has 0 saturated heterocycles. The van der Waals surface area contributed by atoms with Crippen LogP contribution in [0.4, 0.5) is 26.6 Å². The van der Waals surface area contributed by atoms with E-state index in [0.717, 1.165) is 31.5 Å². The zero-order chi connectivity index (χ0) is 21.7. The molecule has 2 amide bonds. The first kappa shape index (κ1) is 22.7. The van der Waals surface area contributed by atoms with Gasteiger partial charge in [0.2, 0.25) is 5.95 Å². The second kappa shape index (κ2) is 10.4. The Balaban J connectivity index is 1.43. The lowest BCUT2D eigenvalue weighted by Gasteiger charge is -2.29. The third-order valence-corrected chi connectivity index (χ3v) is 6.33. The van der Waals surface area contributed by atoms with Crippen molar-refractivity contribution in [3.05, 3.63) is 39.2 Å². The molecule has 0 unspecified atom stereocenters. The summed E-state index contributed by atoms with van der Waals surface area (Å²) in [6.07, 6.45) is 5.78. The Labute approximate surface area is 192 Å². The van der Waals surface area contributed by atoms with E-state index >= 15 is 0 Å². The van der Waals surface area contributed by atoms with Crippen molar-refractivity contribution < 1.29 is 9.18 Å². The second-order valence-corrected chi connectivity index (χ2v) is 9.28. The third kappa shape index (κ3) is 6.28. The van der Waals surface area contributed by atoms with E-state index < -0.39 is 0 Å². The molecule has 1 fully saturated rings. The van der Waals surface area contributed by atoms with Crippen molar-refractivity contribution in [2.24, 2.45) is 5.92 Å². The first-order chi connectivity index (χ1) is 14.3. The smallest absolute Gasteiger partial charge is 0.319 e. The van der Waals surface area contributed by atoms with Crippen molar-refractivity contribution in [2.75, 3.05) is 36.2 Å². The first-order valence-corrected chi connectivity index (χ1v) is 11.4. The molecule has 3 rings (SSSR count). The fraction of sp³-hybridized carbons (Fsp3) is 0.450. The Bertz CT molecular complexity index is 866. The van der Waals surface area contributed by atoms with Crippen molar-refractivity contribution in [3.63, 3.8) is 0 Å². The molecule has 1 heterocycles. The summed E-state index contributed by atoms with van der Waals surface area (Å²) in [6.45, 7) is 0.599. The van der Waals surface area contributed by atoms with Crippen LogP contribution >= 0.6 is 31.9 Å². The lowest BCUT2D eigenvalue weighted by molar-refractivity contribution is 0.246. The number of aromatic nitrogens is 2. The van der Waals surface area contributed by atoms with E-state index in [1.54, 1.807) is 6.20 Å². The van der Waals surface area contributed by atoms with Crippen LogP contribution in [0.3, 0.4) is 0 Å². The van der Waals surface area contributed by atoms with E-state index in [1.807, 2.05) is 25.1 Å². The maximum atomic E-state index is 13.4. The average molecular weight is 544 g/mol. The molecule has 0 radical (unpaired) electrons. The molecule has 30 heavy (non-hydrogen) atoms. The molecule has 10 heteroatoms. The Morgan fingerprint density at radius 2 is 1.87 bits per heavy atom. The minimum absolute atomic E-state index is 0.308. The summed E-state index contributed by atoms with van der Waals surface area (Å²) in [6, 6.07) is 4.52. The summed E-state index contributed by atoms with van der Waals surface area (Å²) in [5.74, 6) is 1.56. The summed E-state index contributed by atoms with van der Waals surface area (Å²) in [4.78, 5) is 23.0. The molecule has 0 atom stereocenters. The van der Waals surface area contributed by atoms with Crippen LogP contribution in [0.15, 0.2) is 33.3 Å². The first-order valence-electron chi connectivity index (χ1n) is 9.78. The highest BCUT2D eigenvalue weighted by molar-refractivity contribution is 9.11. The van der Waals surface area contributed by atoms with Gasteiger partial charge in [-0.3, -0.25) is 0 Å². The van der Waals surface area contributed by atoms with Gasteiger partial charge in [0.15, 0.2) is 0 Å². The van der Waals surface area contributed by atoms with Crippen molar-refractivity contribution in [1.29, 1.82) is 0 Å². The van der Waals surface area contributed by atoms with Gasteiger partial charge in [0.1, 0.15) is 11.6 Å². The van der Waals surface area contributed by atoms with E-state index in [9.17, 15) is 9.18 Å². The van der Waals surface area contributed by atoms with Crippen molar-refractivity contribution in [3.8, 4) is 0 Å². The van der Waals surface area contributed by atoms with Crippen LogP contribution in [0.25, 0.3) is 0 Å². The molecule has 0 bridgehead atoms. The zero-order valence-electron chi connectivity index (χ0n) is 16.9. The topological polar surface area (TPSA) is 82.2 Å². The van der Waals surface area contributed by atoms with Crippen molar-refractivity contribution >= 4 is 55.3 Å². The number of anilines is 3. The second-order valence-electron chi connectivity index (χ2n) is 7.57. The zero-order valence-corrected chi connectivity index (χ0v) is 20.1. The van der Waals surface area contributed by atoms with Gasteiger partial charge in [0.05, 0.1) is 5.69 Å². The fourth-order valence-electron chi connectivity index (χ4n) is 3.42. The van der Waals surface area contributed by atoms with Crippen molar-refractivity contribution in [2.45, 2.75) is 31.7 Å². The van der Waals surface area contributed by atoms with Crippen LogP contribution in [-0.4, -0.2) is 42.7 Å². The highest BCUT2D eigenvalue weighted by Gasteiger charge is 2.22. The number of rotatable bonds is 6. The number of carbonyl (C=O) groups is 1. The van der Waals surface area contributed by atoms with Crippen LogP contribution in [0, 0.1) is 11.7 Å². The molecule has 3 N–H and O–H groups in total. The quantitative estimate of drug-likeness (QED) is 0.477. The number of halogens is 3. The number of nitrogens with one attached hydrogen (secondary N) is 3. The molecule has 1 aliphatic rings. The Morgan fingerprint density at radius 1 is 1.20 bits per heavy atom. The molecule has 1 aliphatic carbocycles. The fourth-order valence-corrected chi connectivity index (χ4v) is 4.75. The van der Waals surface area contributed by atoms with Gasteiger partial charge in [-0.05, 0) is 81.7 Å². The largest absolute Gasteiger partial charge is 0.363 e. The van der Waals surface area contributed by atoms with E-state index in [4.69, 9.17) is 0 Å². The summed E-state index contributed by atoms with van der Waals surface area (Å²) in [7, 11) is 3.90. The van der Waals surface area contributed by atoms with Gasteiger partial charge >= 0.3 is 6.03 Å². The van der Waals surface area contributed by atoms with Gasteiger partial charge in [-0.25, -0.2) is 14.2 Å². The number of carbonyl (C=O) groups excluding carboxylic acids is 1. The molecule has 1 aromatic heterocycles. The van der Waals surface area contributed by atoms with Gasteiger partial charge < -0.3 is 20.9 Å². The van der Waals surface area contributed by atoms with Crippen molar-refractivity contribution in [1.82, 2.24) is 15.3 Å². The summed E-state index contributed by atoms with van der Waals surface area (Å²) >= 11 is 6.54. The van der Waals surface area contributed by atoms with Gasteiger partial charge in [-0.2, -0.15) is 4.98 Å². The highest BCUT2D eigenvalue weighted by Crippen LogP contribution is 2.32. The average Bonchev–Trinajstić information content (AvgIpc) is 2.70. The van der Waals surface area contributed by atoms with E-state index in [0.29, 0.717) is 39.1 Å². The number of urea groups is 1. The predicted molar refractivity (Wildman–Crippen MR) is 125 cm³/mol. The van der Waals surface area contributed by atoms with E-state index in [-0.39, 0.29) is 11.8 Å². The van der Waals surface area contributed by atoms with Crippen LogP contribution < -0.4 is 20.9 Å².